The van der Waals surface area contributed by atoms with Crippen molar-refractivity contribution in [3.05, 3.63) is 34.9 Å². The van der Waals surface area contributed by atoms with Crippen LogP contribution in [-0.2, 0) is 24.2 Å². The average molecular weight is 246 g/mol. The van der Waals surface area contributed by atoms with E-state index in [1.165, 1.54) is 36.3 Å². The second-order valence-electron chi connectivity index (χ2n) is 5.25. The number of benzene rings is 1. The molecule has 2 heterocycles. The van der Waals surface area contributed by atoms with E-state index in [0.29, 0.717) is 0 Å². The summed E-state index contributed by atoms with van der Waals surface area (Å²) in [5.41, 5.74) is 4.34. The predicted octanol–water partition coefficient (Wildman–Crippen LogP) is 1.21. The van der Waals surface area contributed by atoms with E-state index in [0.717, 1.165) is 39.1 Å². The van der Waals surface area contributed by atoms with Gasteiger partial charge in [0.2, 0.25) is 0 Å². The monoisotopic (exact) mass is 246 g/mol. The zero-order chi connectivity index (χ0) is 12.2. The number of ether oxygens (including phenoxy) is 1. The molecule has 1 aromatic rings. The van der Waals surface area contributed by atoms with Crippen LogP contribution in [0.4, 0.5) is 0 Å². The fourth-order valence-corrected chi connectivity index (χ4v) is 2.80. The summed E-state index contributed by atoms with van der Waals surface area (Å²) in [6.07, 6.45) is 2.24. The lowest BCUT2D eigenvalue weighted by Crippen LogP contribution is -2.44. The van der Waals surface area contributed by atoms with E-state index in [9.17, 15) is 0 Å². The molecule has 18 heavy (non-hydrogen) atoms. The first-order chi connectivity index (χ1) is 8.92. The second kappa shape index (κ2) is 5.83. The fourth-order valence-electron chi connectivity index (χ4n) is 2.80. The minimum atomic E-state index is 0.802. The third kappa shape index (κ3) is 2.91. The van der Waals surface area contributed by atoms with Crippen LogP contribution in [0.3, 0.4) is 0 Å². The van der Waals surface area contributed by atoms with Crippen LogP contribution in [0.1, 0.15) is 16.7 Å². The SMILES string of the molecule is c1cc2c(cc1CCN1CCNCC1)COCC2. The zero-order valence-electron chi connectivity index (χ0n) is 11.0. The van der Waals surface area contributed by atoms with Crippen LogP contribution in [0.15, 0.2) is 18.2 Å². The van der Waals surface area contributed by atoms with Crippen molar-refractivity contribution in [2.24, 2.45) is 0 Å². The molecule has 3 rings (SSSR count). The predicted molar refractivity (Wildman–Crippen MR) is 72.8 cm³/mol. The molecule has 0 unspecified atom stereocenters. The van der Waals surface area contributed by atoms with Gasteiger partial charge in [0.1, 0.15) is 0 Å². The summed E-state index contributed by atoms with van der Waals surface area (Å²) >= 11 is 0. The molecule has 3 heteroatoms. The van der Waals surface area contributed by atoms with Crippen molar-refractivity contribution in [2.45, 2.75) is 19.4 Å². The highest BCUT2D eigenvalue weighted by Gasteiger charge is 2.12. The normalized spacial score (nSPS) is 20.7. The first kappa shape index (κ1) is 12.2. The van der Waals surface area contributed by atoms with E-state index in [1.807, 2.05) is 0 Å². The molecule has 0 bridgehead atoms. The van der Waals surface area contributed by atoms with Gasteiger partial charge in [0, 0.05) is 32.7 Å². The van der Waals surface area contributed by atoms with Gasteiger partial charge in [-0.25, -0.2) is 0 Å². The molecule has 1 saturated heterocycles. The van der Waals surface area contributed by atoms with Crippen molar-refractivity contribution in [1.82, 2.24) is 10.2 Å². The van der Waals surface area contributed by atoms with Crippen molar-refractivity contribution < 1.29 is 4.74 Å². The molecule has 1 fully saturated rings. The second-order valence-corrected chi connectivity index (χ2v) is 5.25. The van der Waals surface area contributed by atoms with E-state index < -0.39 is 0 Å². The zero-order valence-corrected chi connectivity index (χ0v) is 11.0. The van der Waals surface area contributed by atoms with Crippen LogP contribution in [0.2, 0.25) is 0 Å². The Labute approximate surface area is 109 Å². The smallest absolute Gasteiger partial charge is 0.0719 e. The van der Waals surface area contributed by atoms with Gasteiger partial charge in [-0.2, -0.15) is 0 Å². The molecule has 0 aromatic heterocycles. The highest BCUT2D eigenvalue weighted by atomic mass is 16.5. The number of rotatable bonds is 3. The van der Waals surface area contributed by atoms with Crippen LogP contribution in [0.5, 0.6) is 0 Å². The Kier molecular flexibility index (Phi) is 3.93. The molecule has 98 valence electrons. The molecular weight excluding hydrogens is 224 g/mol. The van der Waals surface area contributed by atoms with Gasteiger partial charge in [0.25, 0.3) is 0 Å². The summed E-state index contributed by atoms with van der Waals surface area (Å²) in [5.74, 6) is 0. The number of hydrogen-bond donors (Lipinski definition) is 1. The molecule has 0 atom stereocenters. The van der Waals surface area contributed by atoms with Crippen LogP contribution in [-0.4, -0.2) is 44.2 Å². The minimum Gasteiger partial charge on any atom is -0.376 e. The summed E-state index contributed by atoms with van der Waals surface area (Å²) in [5, 5.41) is 3.40. The summed E-state index contributed by atoms with van der Waals surface area (Å²) < 4.78 is 5.53. The summed E-state index contributed by atoms with van der Waals surface area (Å²) in [6.45, 7) is 7.52. The first-order valence-corrected chi connectivity index (χ1v) is 7.03. The van der Waals surface area contributed by atoms with Crippen molar-refractivity contribution in [1.29, 1.82) is 0 Å². The Balaban J connectivity index is 1.58. The lowest BCUT2D eigenvalue weighted by molar-refractivity contribution is 0.110. The minimum absolute atomic E-state index is 0.802. The third-order valence-electron chi connectivity index (χ3n) is 3.97. The summed E-state index contributed by atoms with van der Waals surface area (Å²) in [6, 6.07) is 6.94. The van der Waals surface area contributed by atoms with Crippen LogP contribution < -0.4 is 5.32 Å². The van der Waals surface area contributed by atoms with Gasteiger partial charge in [-0.3, -0.25) is 0 Å². The largest absolute Gasteiger partial charge is 0.376 e. The Morgan fingerprint density at radius 3 is 2.94 bits per heavy atom. The maximum absolute atomic E-state index is 5.53. The van der Waals surface area contributed by atoms with E-state index >= 15 is 0 Å². The fraction of sp³-hybridized carbons (Fsp3) is 0.600. The van der Waals surface area contributed by atoms with Crippen LogP contribution >= 0.6 is 0 Å². The lowest BCUT2D eigenvalue weighted by Gasteiger charge is -2.27. The maximum atomic E-state index is 5.53. The van der Waals surface area contributed by atoms with E-state index in [1.54, 1.807) is 0 Å². The topological polar surface area (TPSA) is 24.5 Å². The Morgan fingerprint density at radius 1 is 1.17 bits per heavy atom. The summed E-state index contributed by atoms with van der Waals surface area (Å²) in [7, 11) is 0. The van der Waals surface area contributed by atoms with Gasteiger partial charge in [-0.15, -0.1) is 0 Å². The number of fused-ring (bicyclic) bond motifs is 1. The maximum Gasteiger partial charge on any atom is 0.0719 e. The third-order valence-corrected chi connectivity index (χ3v) is 3.97. The van der Waals surface area contributed by atoms with Gasteiger partial charge < -0.3 is 15.0 Å². The quantitative estimate of drug-likeness (QED) is 0.867. The van der Waals surface area contributed by atoms with Crippen molar-refractivity contribution in [3.63, 3.8) is 0 Å². The number of piperazine rings is 1. The van der Waals surface area contributed by atoms with Crippen molar-refractivity contribution >= 4 is 0 Å². The van der Waals surface area contributed by atoms with Crippen LogP contribution in [0.25, 0.3) is 0 Å². The van der Waals surface area contributed by atoms with E-state index in [4.69, 9.17) is 4.74 Å². The highest BCUT2D eigenvalue weighted by molar-refractivity contribution is 5.33. The molecule has 1 N–H and O–H groups in total. The van der Waals surface area contributed by atoms with Crippen LogP contribution in [0, 0.1) is 0 Å². The van der Waals surface area contributed by atoms with Gasteiger partial charge in [0.15, 0.2) is 0 Å². The van der Waals surface area contributed by atoms with Gasteiger partial charge in [-0.1, -0.05) is 18.2 Å². The molecule has 0 amide bonds. The number of nitrogens with one attached hydrogen (secondary N) is 1. The standard InChI is InChI=1S/C15H22N2O/c1-2-14-4-10-18-12-15(14)11-13(1)3-7-17-8-5-16-6-9-17/h1-2,11,16H,3-10,12H2. The first-order valence-electron chi connectivity index (χ1n) is 7.03. The van der Waals surface area contributed by atoms with Gasteiger partial charge in [-0.05, 0) is 29.5 Å². The van der Waals surface area contributed by atoms with E-state index in [2.05, 4.69) is 28.4 Å². The molecule has 0 radical (unpaired) electrons. The van der Waals surface area contributed by atoms with E-state index in [-0.39, 0.29) is 0 Å². The van der Waals surface area contributed by atoms with Crippen molar-refractivity contribution in [2.75, 3.05) is 39.3 Å². The lowest BCUT2D eigenvalue weighted by atomic mass is 9.99. The highest BCUT2D eigenvalue weighted by Crippen LogP contribution is 2.18. The van der Waals surface area contributed by atoms with Gasteiger partial charge >= 0.3 is 0 Å². The Morgan fingerprint density at radius 2 is 2.06 bits per heavy atom. The number of hydrogen-bond acceptors (Lipinski definition) is 3. The molecule has 3 nitrogen and oxygen atoms in total. The molecular formula is C15H22N2O. The molecule has 0 aliphatic carbocycles. The Hall–Kier alpha value is -0.900. The molecule has 1 aromatic carbocycles. The summed E-state index contributed by atoms with van der Waals surface area (Å²) in [4.78, 5) is 2.55. The molecule has 2 aliphatic rings. The molecule has 0 spiro atoms. The average Bonchev–Trinajstić information content (AvgIpc) is 2.46. The molecule has 0 saturated carbocycles. The Bertz CT molecular complexity index is 399. The van der Waals surface area contributed by atoms with Gasteiger partial charge in [0.05, 0.1) is 13.2 Å². The number of nitrogens with zero attached hydrogens (tertiary/aromatic N) is 1. The van der Waals surface area contributed by atoms with Crippen molar-refractivity contribution in [3.8, 4) is 0 Å². The molecule has 2 aliphatic heterocycles.